The first-order valence-electron chi connectivity index (χ1n) is 6.09. The normalized spacial score (nSPS) is 13.2. The Morgan fingerprint density at radius 1 is 0.941 bits per heavy atom. The van der Waals surface area contributed by atoms with E-state index in [1.54, 1.807) is 14.2 Å². The third kappa shape index (κ3) is 9.50. The molecule has 0 N–H and O–H groups in total. The Bertz CT molecular complexity index is 157. The van der Waals surface area contributed by atoms with Crippen molar-refractivity contribution in [3.63, 3.8) is 0 Å². The summed E-state index contributed by atoms with van der Waals surface area (Å²) in [7, 11) is 5.44. The topological polar surface area (TPSA) is 40.2 Å². The van der Waals surface area contributed by atoms with Crippen molar-refractivity contribution in [2.24, 2.45) is 0 Å². The molecular weight excluding hydrogens is 222 g/mol. The fraction of sp³-hybridized carbons (Fsp3) is 1.00. The molecule has 0 aliphatic rings. The number of hydrogen-bond acceptors (Lipinski definition) is 5. The number of methoxy groups -OCH3 is 2. The van der Waals surface area contributed by atoms with Crippen LogP contribution in [0.5, 0.6) is 0 Å². The van der Waals surface area contributed by atoms with Crippen LogP contribution in [0, 0.1) is 0 Å². The number of hydrogen-bond donors (Lipinski definition) is 0. The molecule has 104 valence electrons. The van der Waals surface area contributed by atoms with Crippen molar-refractivity contribution in [1.82, 2.24) is 4.90 Å². The van der Waals surface area contributed by atoms with Gasteiger partial charge in [-0.1, -0.05) is 0 Å². The summed E-state index contributed by atoms with van der Waals surface area (Å²) >= 11 is 0. The van der Waals surface area contributed by atoms with Crippen LogP contribution in [0.15, 0.2) is 0 Å². The zero-order chi connectivity index (χ0) is 12.9. The molecule has 0 rings (SSSR count). The summed E-state index contributed by atoms with van der Waals surface area (Å²) in [6.45, 7) is 6.91. The standard InChI is InChI=1S/C12H27NO4/c1-5-16-10-12(11-17-9-8-15-4)13(2)6-7-14-3/h12H,5-11H2,1-4H3. The van der Waals surface area contributed by atoms with Gasteiger partial charge < -0.3 is 18.9 Å². The van der Waals surface area contributed by atoms with Crippen LogP contribution in [0.4, 0.5) is 0 Å². The summed E-state index contributed by atoms with van der Waals surface area (Å²) in [4.78, 5) is 2.20. The average molecular weight is 249 g/mol. The molecule has 0 saturated heterocycles. The minimum absolute atomic E-state index is 0.266. The molecule has 5 heteroatoms. The third-order valence-electron chi connectivity index (χ3n) is 2.53. The molecular formula is C12H27NO4. The van der Waals surface area contributed by atoms with Crippen molar-refractivity contribution in [2.45, 2.75) is 13.0 Å². The number of likely N-dealkylation sites (N-methyl/N-ethyl adjacent to an activating group) is 1. The van der Waals surface area contributed by atoms with Gasteiger partial charge >= 0.3 is 0 Å². The predicted molar refractivity (Wildman–Crippen MR) is 67.5 cm³/mol. The van der Waals surface area contributed by atoms with Crippen LogP contribution in [0.1, 0.15) is 6.92 Å². The maximum Gasteiger partial charge on any atom is 0.0701 e. The molecule has 0 aromatic rings. The molecule has 0 aliphatic heterocycles. The SMILES string of the molecule is CCOCC(COCCOC)N(C)CCOC. The van der Waals surface area contributed by atoms with Gasteiger partial charge in [0, 0.05) is 27.4 Å². The molecule has 1 unspecified atom stereocenters. The molecule has 0 aromatic heterocycles. The Hall–Kier alpha value is -0.200. The molecule has 0 spiro atoms. The van der Waals surface area contributed by atoms with E-state index in [4.69, 9.17) is 18.9 Å². The van der Waals surface area contributed by atoms with Crippen molar-refractivity contribution < 1.29 is 18.9 Å². The van der Waals surface area contributed by atoms with Crippen LogP contribution in [0.25, 0.3) is 0 Å². The summed E-state index contributed by atoms with van der Waals surface area (Å²) in [6.07, 6.45) is 0. The van der Waals surface area contributed by atoms with Crippen molar-refractivity contribution in [2.75, 3.05) is 67.5 Å². The van der Waals surface area contributed by atoms with Gasteiger partial charge in [-0.2, -0.15) is 0 Å². The van der Waals surface area contributed by atoms with E-state index in [1.165, 1.54) is 0 Å². The maximum absolute atomic E-state index is 5.55. The smallest absolute Gasteiger partial charge is 0.0701 e. The first kappa shape index (κ1) is 16.8. The average Bonchev–Trinajstić information content (AvgIpc) is 2.35. The lowest BCUT2D eigenvalue weighted by molar-refractivity contribution is -0.00297. The molecule has 17 heavy (non-hydrogen) atoms. The van der Waals surface area contributed by atoms with Crippen LogP contribution in [-0.2, 0) is 18.9 Å². The third-order valence-corrected chi connectivity index (χ3v) is 2.53. The fourth-order valence-electron chi connectivity index (χ4n) is 1.34. The highest BCUT2D eigenvalue weighted by Gasteiger charge is 2.14. The van der Waals surface area contributed by atoms with Gasteiger partial charge in [-0.05, 0) is 14.0 Å². The fourth-order valence-corrected chi connectivity index (χ4v) is 1.34. The van der Waals surface area contributed by atoms with Gasteiger partial charge in [0.25, 0.3) is 0 Å². The lowest BCUT2D eigenvalue weighted by Gasteiger charge is -2.27. The second-order valence-electron chi connectivity index (χ2n) is 3.85. The van der Waals surface area contributed by atoms with Gasteiger partial charge in [0.15, 0.2) is 0 Å². The van der Waals surface area contributed by atoms with Crippen molar-refractivity contribution in [3.8, 4) is 0 Å². The van der Waals surface area contributed by atoms with Crippen molar-refractivity contribution in [1.29, 1.82) is 0 Å². The van der Waals surface area contributed by atoms with E-state index < -0.39 is 0 Å². The van der Waals surface area contributed by atoms with Gasteiger partial charge in [0.2, 0.25) is 0 Å². The molecule has 0 aromatic carbocycles. The first-order chi connectivity index (χ1) is 8.26. The van der Waals surface area contributed by atoms with Crippen molar-refractivity contribution in [3.05, 3.63) is 0 Å². The molecule has 0 bridgehead atoms. The van der Waals surface area contributed by atoms with Gasteiger partial charge in [-0.25, -0.2) is 0 Å². The zero-order valence-corrected chi connectivity index (χ0v) is 11.6. The Balaban J connectivity index is 3.84. The highest BCUT2D eigenvalue weighted by atomic mass is 16.5. The molecule has 0 heterocycles. The van der Waals surface area contributed by atoms with Crippen molar-refractivity contribution >= 4 is 0 Å². The molecule has 0 saturated carbocycles. The van der Waals surface area contributed by atoms with Crippen LogP contribution in [0.2, 0.25) is 0 Å². The number of nitrogens with zero attached hydrogens (tertiary/aromatic N) is 1. The number of rotatable bonds is 12. The lowest BCUT2D eigenvalue weighted by atomic mass is 10.3. The number of ether oxygens (including phenoxy) is 4. The van der Waals surface area contributed by atoms with E-state index in [0.717, 1.165) is 19.8 Å². The van der Waals surface area contributed by atoms with E-state index in [0.29, 0.717) is 26.4 Å². The van der Waals surface area contributed by atoms with Crippen LogP contribution in [-0.4, -0.2) is 78.4 Å². The van der Waals surface area contributed by atoms with Crippen LogP contribution in [0.3, 0.4) is 0 Å². The Morgan fingerprint density at radius 2 is 1.59 bits per heavy atom. The summed E-state index contributed by atoms with van der Waals surface area (Å²) in [5.74, 6) is 0. The monoisotopic (exact) mass is 249 g/mol. The van der Waals surface area contributed by atoms with E-state index in [9.17, 15) is 0 Å². The Morgan fingerprint density at radius 3 is 2.18 bits per heavy atom. The van der Waals surface area contributed by atoms with Gasteiger partial charge in [0.1, 0.15) is 0 Å². The summed E-state index contributed by atoms with van der Waals surface area (Å²) in [6, 6.07) is 0.266. The highest BCUT2D eigenvalue weighted by Crippen LogP contribution is 1.99. The van der Waals surface area contributed by atoms with Crippen LogP contribution < -0.4 is 0 Å². The Kier molecular flexibility index (Phi) is 12.1. The van der Waals surface area contributed by atoms with Gasteiger partial charge in [0.05, 0.1) is 39.1 Å². The molecule has 0 fully saturated rings. The maximum atomic E-state index is 5.55. The van der Waals surface area contributed by atoms with Crippen LogP contribution >= 0.6 is 0 Å². The highest BCUT2D eigenvalue weighted by molar-refractivity contribution is 4.67. The second kappa shape index (κ2) is 12.3. The summed E-state index contributed by atoms with van der Waals surface area (Å²) in [5.41, 5.74) is 0. The Labute approximate surface area is 105 Å². The minimum atomic E-state index is 0.266. The quantitative estimate of drug-likeness (QED) is 0.475. The largest absolute Gasteiger partial charge is 0.383 e. The molecule has 0 amide bonds. The minimum Gasteiger partial charge on any atom is -0.383 e. The molecule has 5 nitrogen and oxygen atoms in total. The molecule has 1 atom stereocenters. The van der Waals surface area contributed by atoms with E-state index in [-0.39, 0.29) is 6.04 Å². The van der Waals surface area contributed by atoms with E-state index in [2.05, 4.69) is 11.9 Å². The first-order valence-corrected chi connectivity index (χ1v) is 6.09. The summed E-state index contributed by atoms with van der Waals surface area (Å²) in [5, 5.41) is 0. The predicted octanol–water partition coefficient (Wildman–Crippen LogP) is 0.633. The van der Waals surface area contributed by atoms with Gasteiger partial charge in [-0.15, -0.1) is 0 Å². The lowest BCUT2D eigenvalue weighted by Crippen LogP contribution is -2.41. The van der Waals surface area contributed by atoms with E-state index in [1.807, 2.05) is 6.92 Å². The molecule has 0 radical (unpaired) electrons. The van der Waals surface area contributed by atoms with E-state index >= 15 is 0 Å². The van der Waals surface area contributed by atoms with Gasteiger partial charge in [-0.3, -0.25) is 4.90 Å². The summed E-state index contributed by atoms with van der Waals surface area (Å²) < 4.78 is 21.0. The molecule has 0 aliphatic carbocycles. The zero-order valence-electron chi connectivity index (χ0n) is 11.6. The second-order valence-corrected chi connectivity index (χ2v) is 3.85.